The van der Waals surface area contributed by atoms with Gasteiger partial charge >= 0.3 is 0 Å². The summed E-state index contributed by atoms with van der Waals surface area (Å²) in [7, 11) is 1.63. The van der Waals surface area contributed by atoms with Gasteiger partial charge in [-0.1, -0.05) is 5.16 Å². The van der Waals surface area contributed by atoms with E-state index >= 15 is 0 Å². The average Bonchev–Trinajstić information content (AvgIpc) is 2.76. The second kappa shape index (κ2) is 7.76. The molecule has 6 heteroatoms. The normalized spacial score (nSPS) is 12.3. The Morgan fingerprint density at radius 2 is 2.24 bits per heavy atom. The lowest BCUT2D eigenvalue weighted by Crippen LogP contribution is -2.05. The summed E-state index contributed by atoms with van der Waals surface area (Å²) < 4.78 is 15.2. The first kappa shape index (κ1) is 13.6. The molecule has 1 atom stereocenters. The van der Waals surface area contributed by atoms with Crippen molar-refractivity contribution < 1.29 is 14.0 Å². The van der Waals surface area contributed by atoms with Crippen molar-refractivity contribution in [3.63, 3.8) is 0 Å². The van der Waals surface area contributed by atoms with Crippen LogP contribution in [-0.2, 0) is 22.3 Å². The second-order valence-corrected chi connectivity index (χ2v) is 3.69. The topological polar surface area (TPSA) is 81.2 Å². The first-order valence-corrected chi connectivity index (χ1v) is 5.54. The Bertz CT molecular complexity index is 359. The van der Waals surface area contributed by atoms with E-state index in [1.165, 1.54) is 0 Å². The van der Waals surface area contributed by atoms with Crippen molar-refractivity contribution in [3.8, 4) is 6.07 Å². The number of methoxy groups -OCH3 is 1. The highest BCUT2D eigenvalue weighted by Crippen LogP contribution is 2.05. The minimum Gasteiger partial charge on any atom is -0.382 e. The maximum atomic E-state index is 8.66. The zero-order valence-electron chi connectivity index (χ0n) is 10.2. The summed E-state index contributed by atoms with van der Waals surface area (Å²) in [5, 5.41) is 12.5. The van der Waals surface area contributed by atoms with E-state index in [2.05, 4.69) is 16.2 Å². The van der Waals surface area contributed by atoms with E-state index < -0.39 is 0 Å². The van der Waals surface area contributed by atoms with Crippen molar-refractivity contribution in [2.24, 2.45) is 5.92 Å². The molecule has 0 fully saturated rings. The highest BCUT2D eigenvalue weighted by atomic mass is 16.5. The van der Waals surface area contributed by atoms with Gasteiger partial charge in [-0.3, -0.25) is 0 Å². The Kier molecular flexibility index (Phi) is 6.22. The predicted molar refractivity (Wildman–Crippen MR) is 59.2 cm³/mol. The van der Waals surface area contributed by atoms with E-state index in [-0.39, 0.29) is 5.92 Å². The van der Waals surface area contributed by atoms with Gasteiger partial charge in [-0.25, -0.2) is 0 Å². The minimum absolute atomic E-state index is 0.110. The standard InChI is InChI=1S/C11H17N3O3/c1-9(8-12)7-11-13-10(14-17-11)3-4-16-6-5-15-2/h9H,3-7H2,1-2H3. The molecule has 17 heavy (non-hydrogen) atoms. The lowest BCUT2D eigenvalue weighted by Gasteiger charge is -2.00. The third-order valence-electron chi connectivity index (χ3n) is 2.11. The van der Waals surface area contributed by atoms with Crippen LogP contribution in [0.5, 0.6) is 0 Å². The minimum atomic E-state index is -0.110. The molecule has 0 aliphatic carbocycles. The first-order chi connectivity index (χ1) is 8.26. The lowest BCUT2D eigenvalue weighted by molar-refractivity contribution is 0.0714. The number of rotatable bonds is 8. The smallest absolute Gasteiger partial charge is 0.227 e. The number of hydrogen-bond acceptors (Lipinski definition) is 6. The van der Waals surface area contributed by atoms with Crippen LogP contribution < -0.4 is 0 Å². The van der Waals surface area contributed by atoms with E-state index in [1.54, 1.807) is 7.11 Å². The van der Waals surface area contributed by atoms with Crippen molar-refractivity contribution in [2.75, 3.05) is 26.9 Å². The van der Waals surface area contributed by atoms with E-state index in [4.69, 9.17) is 19.3 Å². The van der Waals surface area contributed by atoms with Crippen molar-refractivity contribution in [3.05, 3.63) is 11.7 Å². The van der Waals surface area contributed by atoms with Gasteiger partial charge < -0.3 is 14.0 Å². The van der Waals surface area contributed by atoms with Gasteiger partial charge in [-0.15, -0.1) is 0 Å². The summed E-state index contributed by atoms with van der Waals surface area (Å²) in [4.78, 5) is 4.18. The third kappa shape index (κ3) is 5.43. The molecule has 1 aromatic rings. The number of aromatic nitrogens is 2. The Hall–Kier alpha value is -1.45. The molecular weight excluding hydrogens is 222 g/mol. The average molecular weight is 239 g/mol. The molecule has 94 valence electrons. The molecule has 0 aromatic carbocycles. The highest BCUT2D eigenvalue weighted by Gasteiger charge is 2.09. The van der Waals surface area contributed by atoms with Crippen LogP contribution >= 0.6 is 0 Å². The van der Waals surface area contributed by atoms with Crippen LogP contribution in [0.3, 0.4) is 0 Å². The molecule has 0 saturated carbocycles. The van der Waals surface area contributed by atoms with Gasteiger partial charge in [-0.2, -0.15) is 10.2 Å². The van der Waals surface area contributed by atoms with E-state index in [0.717, 1.165) is 0 Å². The molecule has 0 radical (unpaired) electrons. The van der Waals surface area contributed by atoms with Gasteiger partial charge in [0.2, 0.25) is 5.89 Å². The van der Waals surface area contributed by atoms with Gasteiger partial charge in [0.1, 0.15) is 0 Å². The largest absolute Gasteiger partial charge is 0.382 e. The van der Waals surface area contributed by atoms with Crippen LogP contribution in [0.1, 0.15) is 18.6 Å². The zero-order valence-corrected chi connectivity index (χ0v) is 10.2. The van der Waals surface area contributed by atoms with Crippen LogP contribution in [0.4, 0.5) is 0 Å². The number of nitriles is 1. The summed E-state index contributed by atoms with van der Waals surface area (Å²) in [5.74, 6) is 1.01. The molecule has 0 bridgehead atoms. The highest BCUT2D eigenvalue weighted by molar-refractivity contribution is 4.92. The van der Waals surface area contributed by atoms with Gasteiger partial charge in [0.15, 0.2) is 5.82 Å². The zero-order chi connectivity index (χ0) is 12.5. The van der Waals surface area contributed by atoms with Gasteiger partial charge in [0, 0.05) is 20.0 Å². The summed E-state index contributed by atoms with van der Waals surface area (Å²) >= 11 is 0. The molecule has 0 spiro atoms. The van der Waals surface area contributed by atoms with Crippen LogP contribution in [0.25, 0.3) is 0 Å². The van der Waals surface area contributed by atoms with Crippen molar-refractivity contribution >= 4 is 0 Å². The predicted octanol–water partition coefficient (Wildman–Crippen LogP) is 0.977. The summed E-state index contributed by atoms with van der Waals surface area (Å²) in [5.41, 5.74) is 0. The lowest BCUT2D eigenvalue weighted by atomic mass is 10.1. The molecule has 0 amide bonds. The fourth-order valence-electron chi connectivity index (χ4n) is 1.19. The first-order valence-electron chi connectivity index (χ1n) is 5.54. The van der Waals surface area contributed by atoms with Crippen molar-refractivity contribution in [2.45, 2.75) is 19.8 Å². The van der Waals surface area contributed by atoms with Gasteiger partial charge in [-0.05, 0) is 6.92 Å². The molecule has 0 saturated heterocycles. The fourth-order valence-corrected chi connectivity index (χ4v) is 1.19. The molecule has 0 aliphatic rings. The maximum Gasteiger partial charge on any atom is 0.227 e. The third-order valence-corrected chi connectivity index (χ3v) is 2.11. The number of nitrogens with zero attached hydrogens (tertiary/aromatic N) is 3. The molecular formula is C11H17N3O3. The Labute approximate surface area is 101 Å². The molecule has 0 N–H and O–H groups in total. The summed E-state index contributed by atoms with van der Waals surface area (Å²) in [6.07, 6.45) is 1.10. The Balaban J connectivity index is 2.24. The maximum absolute atomic E-state index is 8.66. The van der Waals surface area contributed by atoms with Gasteiger partial charge in [0.25, 0.3) is 0 Å². The van der Waals surface area contributed by atoms with Crippen molar-refractivity contribution in [1.29, 1.82) is 5.26 Å². The Morgan fingerprint density at radius 3 is 2.94 bits per heavy atom. The Morgan fingerprint density at radius 1 is 1.41 bits per heavy atom. The molecule has 6 nitrogen and oxygen atoms in total. The molecule has 1 aromatic heterocycles. The van der Waals surface area contributed by atoms with Crippen LogP contribution in [0.15, 0.2) is 4.52 Å². The molecule has 1 heterocycles. The van der Waals surface area contributed by atoms with Crippen LogP contribution in [0, 0.1) is 17.2 Å². The monoisotopic (exact) mass is 239 g/mol. The molecule has 0 aliphatic heterocycles. The van der Waals surface area contributed by atoms with E-state index in [9.17, 15) is 0 Å². The number of ether oxygens (including phenoxy) is 2. The SMILES string of the molecule is COCCOCCc1noc(CC(C)C#N)n1. The summed E-state index contributed by atoms with van der Waals surface area (Å²) in [6.45, 7) is 3.50. The quantitative estimate of drug-likeness (QED) is 0.629. The molecule has 1 rings (SSSR count). The van der Waals surface area contributed by atoms with E-state index in [1.807, 2.05) is 6.92 Å². The van der Waals surface area contributed by atoms with E-state index in [0.29, 0.717) is 44.4 Å². The van der Waals surface area contributed by atoms with Crippen molar-refractivity contribution in [1.82, 2.24) is 10.1 Å². The van der Waals surface area contributed by atoms with Gasteiger partial charge in [0.05, 0.1) is 31.8 Å². The second-order valence-electron chi connectivity index (χ2n) is 3.69. The fraction of sp³-hybridized carbons (Fsp3) is 0.727. The number of hydrogen-bond donors (Lipinski definition) is 0. The molecule has 1 unspecified atom stereocenters. The van der Waals surface area contributed by atoms with Crippen LogP contribution in [-0.4, -0.2) is 37.1 Å². The summed E-state index contributed by atoms with van der Waals surface area (Å²) in [6, 6.07) is 2.12. The van der Waals surface area contributed by atoms with Crippen LogP contribution in [0.2, 0.25) is 0 Å².